The topological polar surface area (TPSA) is 58.1 Å². The molecule has 2 aromatic carbocycles. The minimum absolute atomic E-state index is 0. The maximum atomic E-state index is 5.84. The van der Waals surface area contributed by atoms with Crippen LogP contribution in [0.3, 0.4) is 0 Å². The SMILES string of the molecule is CN=C(NCCc1ccc(OCc2ccccc2)cc1)NCCN1CCOCC1.I. The molecule has 0 unspecified atom stereocenters. The molecule has 2 aromatic rings. The van der Waals surface area contributed by atoms with Crippen LogP contribution in [0.5, 0.6) is 5.75 Å². The van der Waals surface area contributed by atoms with Crippen LogP contribution in [0.1, 0.15) is 11.1 Å². The van der Waals surface area contributed by atoms with Crippen LogP contribution in [-0.4, -0.2) is 63.8 Å². The summed E-state index contributed by atoms with van der Waals surface area (Å²) < 4.78 is 11.2. The number of benzene rings is 2. The second-order valence-corrected chi connectivity index (χ2v) is 7.05. The van der Waals surface area contributed by atoms with E-state index >= 15 is 0 Å². The van der Waals surface area contributed by atoms with Crippen LogP contribution in [0.2, 0.25) is 0 Å². The first-order valence-electron chi connectivity index (χ1n) is 10.3. The zero-order chi connectivity index (χ0) is 20.2. The predicted octanol–water partition coefficient (Wildman–Crippen LogP) is 2.92. The van der Waals surface area contributed by atoms with Crippen LogP contribution in [0, 0.1) is 0 Å². The Morgan fingerprint density at radius 2 is 1.67 bits per heavy atom. The molecule has 0 spiro atoms. The summed E-state index contributed by atoms with van der Waals surface area (Å²) >= 11 is 0. The van der Waals surface area contributed by atoms with Crippen molar-refractivity contribution in [3.8, 4) is 5.75 Å². The van der Waals surface area contributed by atoms with Gasteiger partial charge in [0.1, 0.15) is 12.4 Å². The zero-order valence-corrected chi connectivity index (χ0v) is 20.0. The highest BCUT2D eigenvalue weighted by Gasteiger charge is 2.09. The Balaban J connectivity index is 0.00000320. The van der Waals surface area contributed by atoms with Crippen molar-refractivity contribution < 1.29 is 9.47 Å². The molecule has 6 nitrogen and oxygen atoms in total. The van der Waals surface area contributed by atoms with Crippen molar-refractivity contribution in [3.63, 3.8) is 0 Å². The first-order chi connectivity index (χ1) is 14.3. The molecule has 0 atom stereocenters. The van der Waals surface area contributed by atoms with Crippen LogP contribution in [-0.2, 0) is 17.8 Å². The first kappa shape index (κ1) is 24.4. The standard InChI is InChI=1S/C23H32N4O2.HI/c1-24-23(26-13-14-27-15-17-28-18-16-27)25-12-11-20-7-9-22(10-8-20)29-19-21-5-3-2-4-6-21;/h2-10H,11-19H2,1H3,(H2,24,25,26);1H. The zero-order valence-electron chi connectivity index (χ0n) is 17.7. The Bertz CT molecular complexity index is 735. The Labute approximate surface area is 197 Å². The van der Waals surface area contributed by atoms with Crippen molar-refractivity contribution in [1.82, 2.24) is 15.5 Å². The van der Waals surface area contributed by atoms with Gasteiger partial charge in [-0.25, -0.2) is 0 Å². The van der Waals surface area contributed by atoms with Gasteiger partial charge < -0.3 is 20.1 Å². The summed E-state index contributed by atoms with van der Waals surface area (Å²) in [7, 11) is 1.81. The van der Waals surface area contributed by atoms with E-state index in [2.05, 4.69) is 44.8 Å². The molecule has 1 heterocycles. The molecule has 164 valence electrons. The summed E-state index contributed by atoms with van der Waals surface area (Å²) in [5.74, 6) is 1.74. The average Bonchev–Trinajstić information content (AvgIpc) is 2.79. The summed E-state index contributed by atoms with van der Waals surface area (Å²) in [6, 6.07) is 18.5. The summed E-state index contributed by atoms with van der Waals surface area (Å²) in [6.07, 6.45) is 0.934. The second kappa shape index (κ2) is 14.2. The number of nitrogens with zero attached hydrogens (tertiary/aromatic N) is 2. The van der Waals surface area contributed by atoms with Gasteiger partial charge in [0.05, 0.1) is 13.2 Å². The fraction of sp³-hybridized carbons (Fsp3) is 0.435. The van der Waals surface area contributed by atoms with Crippen molar-refractivity contribution in [2.75, 3.05) is 53.0 Å². The van der Waals surface area contributed by atoms with Gasteiger partial charge >= 0.3 is 0 Å². The van der Waals surface area contributed by atoms with E-state index in [0.717, 1.165) is 64.1 Å². The molecular weight excluding hydrogens is 491 g/mol. The lowest BCUT2D eigenvalue weighted by molar-refractivity contribution is 0.0389. The molecule has 30 heavy (non-hydrogen) atoms. The molecule has 0 saturated carbocycles. The lowest BCUT2D eigenvalue weighted by atomic mass is 10.1. The number of hydrogen-bond acceptors (Lipinski definition) is 4. The van der Waals surface area contributed by atoms with Gasteiger partial charge in [0.25, 0.3) is 0 Å². The van der Waals surface area contributed by atoms with Crippen LogP contribution in [0.25, 0.3) is 0 Å². The summed E-state index contributed by atoms with van der Waals surface area (Å²) in [5.41, 5.74) is 2.45. The number of halogens is 1. The molecule has 3 rings (SSSR count). The van der Waals surface area contributed by atoms with Gasteiger partial charge in [-0.15, -0.1) is 24.0 Å². The van der Waals surface area contributed by atoms with Gasteiger partial charge in [-0.2, -0.15) is 0 Å². The Hall–Kier alpha value is -1.84. The quantitative estimate of drug-likeness (QED) is 0.300. The van der Waals surface area contributed by atoms with Crippen LogP contribution < -0.4 is 15.4 Å². The van der Waals surface area contributed by atoms with Gasteiger partial charge in [0.15, 0.2) is 5.96 Å². The summed E-state index contributed by atoms with van der Waals surface area (Å²) in [6.45, 7) is 7.01. The lowest BCUT2D eigenvalue weighted by Gasteiger charge is -2.26. The molecule has 1 saturated heterocycles. The van der Waals surface area contributed by atoms with Gasteiger partial charge in [-0.3, -0.25) is 9.89 Å². The van der Waals surface area contributed by atoms with Crippen LogP contribution in [0.4, 0.5) is 0 Å². The number of hydrogen-bond donors (Lipinski definition) is 2. The number of nitrogens with one attached hydrogen (secondary N) is 2. The highest BCUT2D eigenvalue weighted by atomic mass is 127. The van der Waals surface area contributed by atoms with Crippen molar-refractivity contribution in [2.24, 2.45) is 4.99 Å². The normalized spacial score (nSPS) is 14.6. The number of aliphatic imine (C=N–C) groups is 1. The predicted molar refractivity (Wildman–Crippen MR) is 133 cm³/mol. The fourth-order valence-corrected chi connectivity index (χ4v) is 3.20. The minimum atomic E-state index is 0. The third-order valence-corrected chi connectivity index (χ3v) is 4.93. The largest absolute Gasteiger partial charge is 0.489 e. The van der Waals surface area contributed by atoms with E-state index in [1.54, 1.807) is 0 Å². The molecule has 1 aliphatic rings. The molecule has 1 fully saturated rings. The second-order valence-electron chi connectivity index (χ2n) is 7.05. The summed E-state index contributed by atoms with van der Waals surface area (Å²) in [5, 5.41) is 6.76. The van der Waals surface area contributed by atoms with E-state index in [1.807, 2.05) is 37.4 Å². The van der Waals surface area contributed by atoms with Gasteiger partial charge in [-0.1, -0.05) is 42.5 Å². The van der Waals surface area contributed by atoms with Crippen LogP contribution >= 0.6 is 24.0 Å². The molecular formula is C23H33IN4O2. The molecule has 0 bridgehead atoms. The van der Waals surface area contributed by atoms with Crippen LogP contribution in [0.15, 0.2) is 59.6 Å². The molecule has 7 heteroatoms. The number of rotatable bonds is 9. The van der Waals surface area contributed by atoms with Crippen molar-refractivity contribution in [1.29, 1.82) is 0 Å². The average molecular weight is 524 g/mol. The fourth-order valence-electron chi connectivity index (χ4n) is 3.20. The van der Waals surface area contributed by atoms with Gasteiger partial charge in [0.2, 0.25) is 0 Å². The van der Waals surface area contributed by atoms with E-state index in [4.69, 9.17) is 9.47 Å². The maximum Gasteiger partial charge on any atom is 0.191 e. The number of ether oxygens (including phenoxy) is 2. The maximum absolute atomic E-state index is 5.84. The first-order valence-corrected chi connectivity index (χ1v) is 10.3. The molecule has 0 aromatic heterocycles. The molecule has 0 radical (unpaired) electrons. The van der Waals surface area contributed by atoms with E-state index in [0.29, 0.717) is 6.61 Å². The van der Waals surface area contributed by atoms with E-state index in [1.165, 1.54) is 11.1 Å². The number of morpholine rings is 1. The van der Waals surface area contributed by atoms with Crippen molar-refractivity contribution >= 4 is 29.9 Å². The molecule has 0 aliphatic carbocycles. The summed E-state index contributed by atoms with van der Waals surface area (Å²) in [4.78, 5) is 6.71. The Morgan fingerprint density at radius 1 is 0.967 bits per heavy atom. The van der Waals surface area contributed by atoms with E-state index in [9.17, 15) is 0 Å². The smallest absolute Gasteiger partial charge is 0.191 e. The van der Waals surface area contributed by atoms with E-state index in [-0.39, 0.29) is 24.0 Å². The third-order valence-electron chi connectivity index (χ3n) is 4.93. The van der Waals surface area contributed by atoms with Crippen molar-refractivity contribution in [3.05, 3.63) is 65.7 Å². The third kappa shape index (κ3) is 8.89. The molecule has 2 N–H and O–H groups in total. The Kier molecular flexibility index (Phi) is 11.6. The molecule has 1 aliphatic heterocycles. The number of guanidine groups is 1. The molecule has 0 amide bonds. The highest BCUT2D eigenvalue weighted by Crippen LogP contribution is 2.14. The monoisotopic (exact) mass is 524 g/mol. The van der Waals surface area contributed by atoms with Gasteiger partial charge in [0, 0.05) is 39.8 Å². The Morgan fingerprint density at radius 3 is 2.37 bits per heavy atom. The van der Waals surface area contributed by atoms with E-state index < -0.39 is 0 Å². The lowest BCUT2D eigenvalue weighted by Crippen LogP contribution is -2.44. The minimum Gasteiger partial charge on any atom is -0.489 e. The highest BCUT2D eigenvalue weighted by molar-refractivity contribution is 14.0. The van der Waals surface area contributed by atoms with Crippen molar-refractivity contribution in [2.45, 2.75) is 13.0 Å². The van der Waals surface area contributed by atoms with Gasteiger partial charge in [-0.05, 0) is 29.7 Å².